The summed E-state index contributed by atoms with van der Waals surface area (Å²) in [5, 5.41) is 3.78. The van der Waals surface area contributed by atoms with Gasteiger partial charge in [0.1, 0.15) is 18.1 Å². The summed E-state index contributed by atoms with van der Waals surface area (Å²) in [6.45, 7) is 0.148. The smallest absolute Gasteiger partial charge is 0.291 e. The first-order chi connectivity index (χ1) is 12.0. The van der Waals surface area contributed by atoms with E-state index in [1.54, 1.807) is 42.5 Å². The lowest BCUT2D eigenvalue weighted by molar-refractivity contribution is 0.0992. The number of benzene rings is 2. The molecule has 0 bridgehead atoms. The molecule has 0 saturated carbocycles. The molecule has 0 fully saturated rings. The van der Waals surface area contributed by atoms with E-state index in [1.165, 1.54) is 0 Å². The minimum absolute atomic E-state index is 0.133. The summed E-state index contributed by atoms with van der Waals surface area (Å²) >= 11 is 18.0. The van der Waals surface area contributed by atoms with Gasteiger partial charge in [0.15, 0.2) is 5.76 Å². The zero-order valence-corrected chi connectivity index (χ0v) is 15.0. The van der Waals surface area contributed by atoms with Crippen LogP contribution < -0.4 is 10.1 Å². The molecule has 0 atom stereocenters. The molecule has 0 unspecified atom stereocenters. The standard InChI is InChI=1S/C18H12Cl3NO3/c19-12-4-1-2-7-15(12)24-10-11-8-9-16(25-11)18(23)22-14-6-3-5-13(20)17(14)21/h1-9H,10H2,(H,22,23). The van der Waals surface area contributed by atoms with Gasteiger partial charge in [0.25, 0.3) is 5.91 Å². The highest BCUT2D eigenvalue weighted by Gasteiger charge is 2.14. The van der Waals surface area contributed by atoms with Crippen LogP contribution in [0.3, 0.4) is 0 Å². The zero-order valence-electron chi connectivity index (χ0n) is 12.8. The quantitative estimate of drug-likeness (QED) is 0.569. The Balaban J connectivity index is 1.65. The molecule has 0 aliphatic heterocycles. The summed E-state index contributed by atoms with van der Waals surface area (Å²) < 4.78 is 11.1. The molecule has 0 aliphatic carbocycles. The number of hydrogen-bond donors (Lipinski definition) is 1. The van der Waals surface area contributed by atoms with Crippen LogP contribution in [-0.2, 0) is 6.61 Å². The third kappa shape index (κ3) is 4.28. The molecular formula is C18H12Cl3NO3. The summed E-state index contributed by atoms with van der Waals surface area (Å²) in [4.78, 5) is 12.3. The van der Waals surface area contributed by atoms with Gasteiger partial charge in [-0.3, -0.25) is 4.79 Å². The van der Waals surface area contributed by atoms with Crippen LogP contribution in [0.5, 0.6) is 5.75 Å². The molecule has 1 heterocycles. The summed E-state index contributed by atoms with van der Waals surface area (Å²) in [6, 6.07) is 15.3. The van der Waals surface area contributed by atoms with Crippen molar-refractivity contribution in [1.29, 1.82) is 0 Å². The second kappa shape index (κ2) is 7.83. The predicted molar refractivity (Wildman–Crippen MR) is 98.9 cm³/mol. The van der Waals surface area contributed by atoms with Crippen molar-refractivity contribution in [3.63, 3.8) is 0 Å². The molecule has 0 radical (unpaired) electrons. The van der Waals surface area contributed by atoms with Gasteiger partial charge in [-0.2, -0.15) is 0 Å². The molecular weight excluding hydrogens is 385 g/mol. The van der Waals surface area contributed by atoms with Crippen molar-refractivity contribution in [2.75, 3.05) is 5.32 Å². The Hall–Kier alpha value is -2.14. The Morgan fingerprint density at radius 2 is 1.72 bits per heavy atom. The van der Waals surface area contributed by atoms with Crippen LogP contribution in [-0.4, -0.2) is 5.91 Å². The van der Waals surface area contributed by atoms with Gasteiger partial charge < -0.3 is 14.5 Å². The predicted octanol–water partition coefficient (Wildman–Crippen LogP) is 6.07. The number of halogens is 3. The van der Waals surface area contributed by atoms with Crippen molar-refractivity contribution in [3.05, 3.63) is 81.2 Å². The molecule has 3 rings (SSSR count). The topological polar surface area (TPSA) is 51.5 Å². The minimum Gasteiger partial charge on any atom is -0.484 e. The van der Waals surface area contributed by atoms with Crippen molar-refractivity contribution in [2.45, 2.75) is 6.61 Å². The summed E-state index contributed by atoms with van der Waals surface area (Å²) in [6.07, 6.45) is 0. The summed E-state index contributed by atoms with van der Waals surface area (Å²) in [5.41, 5.74) is 0.407. The van der Waals surface area contributed by atoms with Gasteiger partial charge in [0, 0.05) is 0 Å². The third-order valence-electron chi connectivity index (χ3n) is 3.29. The largest absolute Gasteiger partial charge is 0.484 e. The first-order valence-electron chi connectivity index (χ1n) is 7.26. The van der Waals surface area contributed by atoms with E-state index in [2.05, 4.69) is 5.32 Å². The maximum absolute atomic E-state index is 12.3. The highest BCUT2D eigenvalue weighted by Crippen LogP contribution is 2.30. The second-order valence-electron chi connectivity index (χ2n) is 5.04. The zero-order chi connectivity index (χ0) is 17.8. The van der Waals surface area contributed by atoms with E-state index in [0.29, 0.717) is 27.2 Å². The first-order valence-corrected chi connectivity index (χ1v) is 8.39. The average Bonchev–Trinajstić information content (AvgIpc) is 3.07. The van der Waals surface area contributed by atoms with Crippen molar-refractivity contribution in [2.24, 2.45) is 0 Å². The first kappa shape index (κ1) is 17.7. The Morgan fingerprint density at radius 3 is 2.52 bits per heavy atom. The number of carbonyl (C=O) groups is 1. The SMILES string of the molecule is O=C(Nc1cccc(Cl)c1Cl)c1ccc(COc2ccccc2Cl)o1. The molecule has 0 spiro atoms. The van der Waals surface area contributed by atoms with E-state index in [4.69, 9.17) is 44.0 Å². The maximum Gasteiger partial charge on any atom is 0.291 e. The monoisotopic (exact) mass is 395 g/mol. The molecule has 0 aliphatic rings. The minimum atomic E-state index is -0.437. The molecule has 1 amide bonds. The maximum atomic E-state index is 12.3. The summed E-state index contributed by atoms with van der Waals surface area (Å²) in [7, 11) is 0. The number of amides is 1. The van der Waals surface area contributed by atoms with Crippen molar-refractivity contribution >= 4 is 46.4 Å². The van der Waals surface area contributed by atoms with Crippen LogP contribution in [0.15, 0.2) is 59.0 Å². The fraction of sp³-hybridized carbons (Fsp3) is 0.0556. The highest BCUT2D eigenvalue weighted by atomic mass is 35.5. The normalized spacial score (nSPS) is 10.5. The van der Waals surface area contributed by atoms with Crippen LogP contribution in [0.2, 0.25) is 15.1 Å². The van der Waals surface area contributed by atoms with Crippen molar-refractivity contribution in [1.82, 2.24) is 0 Å². The van der Waals surface area contributed by atoms with E-state index in [9.17, 15) is 4.79 Å². The van der Waals surface area contributed by atoms with Crippen LogP contribution in [0.1, 0.15) is 16.3 Å². The molecule has 25 heavy (non-hydrogen) atoms. The lowest BCUT2D eigenvalue weighted by atomic mass is 10.3. The number of rotatable bonds is 5. The van der Waals surface area contributed by atoms with E-state index in [1.807, 2.05) is 12.1 Å². The highest BCUT2D eigenvalue weighted by molar-refractivity contribution is 6.44. The number of ether oxygens (including phenoxy) is 1. The van der Waals surface area contributed by atoms with E-state index in [-0.39, 0.29) is 17.4 Å². The Labute approximate surface area is 159 Å². The number of nitrogens with one attached hydrogen (secondary N) is 1. The molecule has 1 aromatic heterocycles. The molecule has 1 N–H and O–H groups in total. The van der Waals surface area contributed by atoms with Gasteiger partial charge in [-0.05, 0) is 36.4 Å². The molecule has 7 heteroatoms. The third-order valence-corrected chi connectivity index (χ3v) is 4.42. The van der Waals surface area contributed by atoms with Crippen LogP contribution >= 0.6 is 34.8 Å². The molecule has 2 aromatic carbocycles. The van der Waals surface area contributed by atoms with E-state index < -0.39 is 5.91 Å². The lowest BCUT2D eigenvalue weighted by Crippen LogP contribution is -2.11. The summed E-state index contributed by atoms with van der Waals surface area (Å²) in [5.74, 6) is 0.724. The van der Waals surface area contributed by atoms with Gasteiger partial charge in [0.2, 0.25) is 0 Å². The van der Waals surface area contributed by atoms with Crippen LogP contribution in [0, 0.1) is 0 Å². The Morgan fingerprint density at radius 1 is 0.960 bits per heavy atom. The van der Waals surface area contributed by atoms with Crippen molar-refractivity contribution in [3.8, 4) is 5.75 Å². The number of para-hydroxylation sites is 1. The lowest BCUT2D eigenvalue weighted by Gasteiger charge is -2.07. The molecule has 128 valence electrons. The second-order valence-corrected chi connectivity index (χ2v) is 6.23. The average molecular weight is 397 g/mol. The van der Waals surface area contributed by atoms with Gasteiger partial charge in [-0.15, -0.1) is 0 Å². The van der Waals surface area contributed by atoms with Gasteiger partial charge in [-0.1, -0.05) is 53.0 Å². The van der Waals surface area contributed by atoms with E-state index in [0.717, 1.165) is 0 Å². The number of anilines is 1. The Kier molecular flexibility index (Phi) is 5.53. The van der Waals surface area contributed by atoms with Crippen molar-refractivity contribution < 1.29 is 13.9 Å². The number of carbonyl (C=O) groups excluding carboxylic acids is 1. The fourth-order valence-electron chi connectivity index (χ4n) is 2.07. The van der Waals surface area contributed by atoms with Gasteiger partial charge in [0.05, 0.1) is 20.8 Å². The fourth-order valence-corrected chi connectivity index (χ4v) is 2.61. The number of hydrogen-bond acceptors (Lipinski definition) is 3. The van der Waals surface area contributed by atoms with E-state index >= 15 is 0 Å². The van der Waals surface area contributed by atoms with Gasteiger partial charge >= 0.3 is 0 Å². The van der Waals surface area contributed by atoms with Gasteiger partial charge in [-0.25, -0.2) is 0 Å². The Bertz CT molecular complexity index is 908. The van der Waals surface area contributed by atoms with Crippen LogP contribution in [0.4, 0.5) is 5.69 Å². The molecule has 4 nitrogen and oxygen atoms in total. The molecule has 0 saturated heterocycles. The molecule has 3 aromatic rings. The number of furan rings is 1. The van der Waals surface area contributed by atoms with Crippen LogP contribution in [0.25, 0.3) is 0 Å².